The van der Waals surface area contributed by atoms with Crippen LogP contribution < -0.4 is 0 Å². The maximum Gasteiger partial charge on any atom is 0.243 e. The van der Waals surface area contributed by atoms with E-state index < -0.39 is 10.0 Å². The van der Waals surface area contributed by atoms with Gasteiger partial charge >= 0.3 is 0 Å². The summed E-state index contributed by atoms with van der Waals surface area (Å²) in [6.45, 7) is 5.38. The van der Waals surface area contributed by atoms with Gasteiger partial charge in [-0.15, -0.1) is 6.58 Å². The Hall–Kier alpha value is -2.02. The Morgan fingerprint density at radius 2 is 2.04 bits per heavy atom. The van der Waals surface area contributed by atoms with E-state index in [0.717, 1.165) is 16.7 Å². The normalized spacial score (nSPS) is 15.0. The molecule has 1 aromatic carbocycles. The Kier molecular flexibility index (Phi) is 5.08. The zero-order chi connectivity index (χ0) is 17.0. The van der Waals surface area contributed by atoms with E-state index in [2.05, 4.69) is 11.6 Å². The summed E-state index contributed by atoms with van der Waals surface area (Å²) < 4.78 is 32.5. The third-order valence-corrected chi connectivity index (χ3v) is 5.93. The van der Waals surface area contributed by atoms with Gasteiger partial charge < -0.3 is 4.74 Å². The molecule has 0 spiro atoms. The number of rotatable bonds is 6. The first-order chi connectivity index (χ1) is 11.6. The molecule has 0 atom stereocenters. The molecule has 2 aromatic rings. The minimum absolute atomic E-state index is 0.326. The molecule has 1 aromatic heterocycles. The lowest BCUT2D eigenvalue weighted by Crippen LogP contribution is -2.36. The second kappa shape index (κ2) is 7.25. The topological polar surface area (TPSA) is 59.5 Å². The Bertz CT molecular complexity index is 819. The van der Waals surface area contributed by atoms with Gasteiger partial charge in [0.2, 0.25) is 10.0 Å². The molecule has 0 bridgehead atoms. The van der Waals surface area contributed by atoms with Crippen molar-refractivity contribution >= 4 is 10.0 Å². The third kappa shape index (κ3) is 3.40. The molecular weight excluding hydrogens is 324 g/mol. The monoisotopic (exact) mass is 344 g/mol. The van der Waals surface area contributed by atoms with Gasteiger partial charge in [0, 0.05) is 25.5 Å². The minimum Gasteiger partial charge on any atom is -0.373 e. The largest absolute Gasteiger partial charge is 0.373 e. The van der Waals surface area contributed by atoms with E-state index in [0.29, 0.717) is 37.6 Å². The van der Waals surface area contributed by atoms with Gasteiger partial charge in [-0.25, -0.2) is 8.42 Å². The summed E-state index contributed by atoms with van der Waals surface area (Å²) in [6, 6.07) is 8.54. The Labute approximate surface area is 142 Å². The first kappa shape index (κ1) is 16.8. The Morgan fingerprint density at radius 1 is 1.25 bits per heavy atom. The number of sulfonamides is 1. The first-order valence-electron chi connectivity index (χ1n) is 7.81. The second-order valence-corrected chi connectivity index (χ2v) is 7.58. The van der Waals surface area contributed by atoms with Gasteiger partial charge in [-0.1, -0.05) is 24.3 Å². The number of pyridine rings is 1. The van der Waals surface area contributed by atoms with Crippen LogP contribution in [0.25, 0.3) is 0 Å². The smallest absolute Gasteiger partial charge is 0.243 e. The molecule has 3 rings (SSSR count). The summed E-state index contributed by atoms with van der Waals surface area (Å²) >= 11 is 0. The van der Waals surface area contributed by atoms with Crippen LogP contribution in [0.2, 0.25) is 0 Å². The number of hydrogen-bond donors (Lipinski definition) is 0. The molecule has 0 saturated carbocycles. The zero-order valence-corrected chi connectivity index (χ0v) is 14.2. The molecule has 0 amide bonds. The minimum atomic E-state index is -3.48. The van der Waals surface area contributed by atoms with E-state index in [9.17, 15) is 8.42 Å². The highest BCUT2D eigenvalue weighted by Gasteiger charge is 2.29. The molecule has 0 fully saturated rings. The van der Waals surface area contributed by atoms with E-state index in [-0.39, 0.29) is 0 Å². The molecule has 0 radical (unpaired) electrons. The fraction of sp³-hybridized carbons (Fsp3) is 0.278. The summed E-state index contributed by atoms with van der Waals surface area (Å²) in [5, 5.41) is 0. The van der Waals surface area contributed by atoms with Crippen LogP contribution in [-0.4, -0.2) is 30.9 Å². The van der Waals surface area contributed by atoms with E-state index in [1.165, 1.54) is 4.31 Å². The predicted molar refractivity (Wildman–Crippen MR) is 91.8 cm³/mol. The lowest BCUT2D eigenvalue weighted by Gasteiger charge is -2.29. The molecule has 0 saturated heterocycles. The van der Waals surface area contributed by atoms with Gasteiger partial charge in [-0.3, -0.25) is 4.98 Å². The molecule has 126 valence electrons. The molecule has 0 aliphatic carbocycles. The lowest BCUT2D eigenvalue weighted by molar-refractivity contribution is 0.147. The molecule has 0 unspecified atom stereocenters. The highest BCUT2D eigenvalue weighted by molar-refractivity contribution is 7.89. The number of fused-ring (bicyclic) bond motifs is 1. The maximum atomic E-state index is 12.8. The van der Waals surface area contributed by atoms with Crippen LogP contribution in [0.15, 0.2) is 60.3 Å². The predicted octanol–water partition coefficient (Wildman–Crippen LogP) is 2.53. The van der Waals surface area contributed by atoms with Gasteiger partial charge in [-0.2, -0.15) is 4.31 Å². The fourth-order valence-corrected chi connectivity index (χ4v) is 4.31. The Morgan fingerprint density at radius 3 is 2.79 bits per heavy atom. The van der Waals surface area contributed by atoms with Gasteiger partial charge in [0.05, 0.1) is 18.1 Å². The van der Waals surface area contributed by atoms with Crippen LogP contribution in [0.3, 0.4) is 0 Å². The summed E-state index contributed by atoms with van der Waals surface area (Å²) in [5.41, 5.74) is 3.11. The third-order valence-electron chi connectivity index (χ3n) is 4.07. The van der Waals surface area contributed by atoms with Crippen LogP contribution in [0.4, 0.5) is 0 Å². The van der Waals surface area contributed by atoms with Crippen LogP contribution in [0, 0.1) is 0 Å². The quantitative estimate of drug-likeness (QED) is 0.597. The number of ether oxygens (including phenoxy) is 1. The number of benzene rings is 1. The SMILES string of the molecule is C=CCOCc1cncc2c1CCN(S(=O)(=O)c1ccccc1)C2. The first-order valence-corrected chi connectivity index (χ1v) is 9.25. The molecule has 0 N–H and O–H groups in total. The van der Waals surface area contributed by atoms with E-state index in [4.69, 9.17) is 4.74 Å². The van der Waals surface area contributed by atoms with Crippen LogP contribution >= 0.6 is 0 Å². The van der Waals surface area contributed by atoms with Gasteiger partial charge in [0.1, 0.15) is 0 Å². The van der Waals surface area contributed by atoms with Gasteiger partial charge in [0.15, 0.2) is 0 Å². The second-order valence-electron chi connectivity index (χ2n) is 5.64. The van der Waals surface area contributed by atoms with Crippen molar-refractivity contribution in [2.45, 2.75) is 24.5 Å². The summed E-state index contributed by atoms with van der Waals surface area (Å²) in [6.07, 6.45) is 5.91. The molecule has 5 nitrogen and oxygen atoms in total. The Balaban J connectivity index is 1.82. The van der Waals surface area contributed by atoms with E-state index in [1.807, 2.05) is 6.07 Å². The van der Waals surface area contributed by atoms with Crippen molar-refractivity contribution < 1.29 is 13.2 Å². The standard InChI is InChI=1S/C18H20N2O3S/c1-2-10-23-14-16-12-19-11-15-13-20(9-8-18(15)16)24(21,22)17-6-4-3-5-7-17/h2-7,11-12H,1,8-10,13-14H2. The van der Waals surface area contributed by atoms with Crippen molar-refractivity contribution in [1.29, 1.82) is 0 Å². The van der Waals surface area contributed by atoms with Crippen LogP contribution in [-0.2, 0) is 34.3 Å². The molecule has 6 heteroatoms. The average Bonchev–Trinajstić information content (AvgIpc) is 2.62. The highest BCUT2D eigenvalue weighted by atomic mass is 32.2. The summed E-state index contributed by atoms with van der Waals surface area (Å²) in [5.74, 6) is 0. The molecule has 1 aliphatic rings. The number of nitrogens with zero attached hydrogens (tertiary/aromatic N) is 2. The van der Waals surface area contributed by atoms with E-state index >= 15 is 0 Å². The lowest BCUT2D eigenvalue weighted by atomic mass is 9.99. The molecule has 1 aliphatic heterocycles. The molecule has 2 heterocycles. The fourth-order valence-electron chi connectivity index (χ4n) is 2.87. The van der Waals surface area contributed by atoms with Crippen molar-refractivity contribution in [3.8, 4) is 0 Å². The van der Waals surface area contributed by atoms with Crippen molar-refractivity contribution in [2.24, 2.45) is 0 Å². The van der Waals surface area contributed by atoms with Crippen LogP contribution in [0.1, 0.15) is 16.7 Å². The summed E-state index contributed by atoms with van der Waals surface area (Å²) in [7, 11) is -3.48. The van der Waals surface area contributed by atoms with Crippen molar-refractivity contribution in [3.05, 3.63) is 72.1 Å². The van der Waals surface area contributed by atoms with Crippen molar-refractivity contribution in [3.63, 3.8) is 0 Å². The summed E-state index contributed by atoms with van der Waals surface area (Å²) in [4.78, 5) is 4.56. The van der Waals surface area contributed by atoms with Gasteiger partial charge in [0.25, 0.3) is 0 Å². The maximum absolute atomic E-state index is 12.8. The van der Waals surface area contributed by atoms with Crippen molar-refractivity contribution in [1.82, 2.24) is 9.29 Å². The number of aromatic nitrogens is 1. The van der Waals surface area contributed by atoms with Crippen LogP contribution in [0.5, 0.6) is 0 Å². The zero-order valence-electron chi connectivity index (χ0n) is 13.4. The van der Waals surface area contributed by atoms with Gasteiger partial charge in [-0.05, 0) is 35.2 Å². The van der Waals surface area contributed by atoms with E-state index in [1.54, 1.807) is 42.7 Å². The molecular formula is C18H20N2O3S. The average molecular weight is 344 g/mol. The molecule has 24 heavy (non-hydrogen) atoms. The van der Waals surface area contributed by atoms with Crippen molar-refractivity contribution in [2.75, 3.05) is 13.2 Å². The number of hydrogen-bond acceptors (Lipinski definition) is 4. The highest BCUT2D eigenvalue weighted by Crippen LogP contribution is 2.26.